The third-order valence-corrected chi connectivity index (χ3v) is 4.65. The van der Waals surface area contributed by atoms with Gasteiger partial charge in [0, 0.05) is 12.6 Å². The first-order valence-corrected chi connectivity index (χ1v) is 8.62. The number of nitrogens with zero attached hydrogens (tertiary/aromatic N) is 3. The molecule has 0 radical (unpaired) electrons. The molecule has 1 saturated heterocycles. The molecule has 2 unspecified atom stereocenters. The van der Waals surface area contributed by atoms with Gasteiger partial charge in [-0.15, -0.1) is 0 Å². The van der Waals surface area contributed by atoms with E-state index >= 15 is 0 Å². The van der Waals surface area contributed by atoms with E-state index in [0.29, 0.717) is 6.04 Å². The van der Waals surface area contributed by atoms with Crippen molar-refractivity contribution >= 4 is 0 Å². The Morgan fingerprint density at radius 3 is 2.71 bits per heavy atom. The van der Waals surface area contributed by atoms with E-state index in [-0.39, 0.29) is 5.54 Å². The van der Waals surface area contributed by atoms with Crippen molar-refractivity contribution in [1.82, 2.24) is 15.1 Å². The van der Waals surface area contributed by atoms with Crippen LogP contribution in [0.1, 0.15) is 52.4 Å². The number of nitriles is 1. The zero-order valence-electron chi connectivity index (χ0n) is 14.5. The lowest BCUT2D eigenvalue weighted by atomic mass is 9.91. The monoisotopic (exact) mass is 294 g/mol. The van der Waals surface area contributed by atoms with Crippen molar-refractivity contribution in [3.63, 3.8) is 0 Å². The summed E-state index contributed by atoms with van der Waals surface area (Å²) < 4.78 is 0. The number of likely N-dealkylation sites (N-methyl/N-ethyl adjacent to an activating group) is 1. The first-order valence-electron chi connectivity index (χ1n) is 8.62. The van der Waals surface area contributed by atoms with Gasteiger partial charge in [0.05, 0.1) is 6.07 Å². The smallest absolute Gasteiger partial charge is 0.106 e. The fourth-order valence-corrected chi connectivity index (χ4v) is 3.33. The van der Waals surface area contributed by atoms with Gasteiger partial charge in [-0.2, -0.15) is 5.26 Å². The molecule has 1 heterocycles. The Labute approximate surface area is 131 Å². The predicted molar refractivity (Wildman–Crippen MR) is 89.3 cm³/mol. The molecule has 0 spiro atoms. The molecular formula is C17H34N4. The summed E-state index contributed by atoms with van der Waals surface area (Å²) in [5.41, 5.74) is -0.313. The number of rotatable bonds is 10. The van der Waals surface area contributed by atoms with Crippen LogP contribution in [0.25, 0.3) is 0 Å². The molecule has 122 valence electrons. The molecule has 2 atom stereocenters. The highest BCUT2D eigenvalue weighted by atomic mass is 15.2. The van der Waals surface area contributed by atoms with Crippen molar-refractivity contribution in [2.24, 2.45) is 0 Å². The molecule has 1 rings (SSSR count). The summed E-state index contributed by atoms with van der Waals surface area (Å²) in [4.78, 5) is 4.91. The molecule has 0 aromatic rings. The average molecular weight is 294 g/mol. The maximum atomic E-state index is 9.53. The van der Waals surface area contributed by atoms with Crippen molar-refractivity contribution < 1.29 is 0 Å². The molecule has 1 aliphatic heterocycles. The summed E-state index contributed by atoms with van der Waals surface area (Å²) in [6.45, 7) is 8.74. The van der Waals surface area contributed by atoms with E-state index in [1.165, 1.54) is 19.4 Å². The third kappa shape index (κ3) is 5.94. The van der Waals surface area contributed by atoms with Crippen LogP contribution in [0.15, 0.2) is 0 Å². The van der Waals surface area contributed by atoms with Gasteiger partial charge in [0.15, 0.2) is 0 Å². The first kappa shape index (κ1) is 18.4. The zero-order chi connectivity index (χ0) is 15.7. The summed E-state index contributed by atoms with van der Waals surface area (Å²) in [6.07, 6.45) is 6.70. The van der Waals surface area contributed by atoms with Crippen LogP contribution in [0.5, 0.6) is 0 Å². The van der Waals surface area contributed by atoms with E-state index in [1.54, 1.807) is 0 Å². The molecule has 0 saturated carbocycles. The van der Waals surface area contributed by atoms with Crippen LogP contribution in [0.3, 0.4) is 0 Å². The van der Waals surface area contributed by atoms with Crippen molar-refractivity contribution in [2.75, 3.05) is 40.3 Å². The highest BCUT2D eigenvalue weighted by Crippen LogP contribution is 2.21. The molecule has 0 amide bonds. The Morgan fingerprint density at radius 2 is 2.14 bits per heavy atom. The third-order valence-electron chi connectivity index (χ3n) is 4.65. The van der Waals surface area contributed by atoms with E-state index in [2.05, 4.69) is 49.1 Å². The van der Waals surface area contributed by atoms with Gasteiger partial charge in [0.2, 0.25) is 0 Å². The lowest BCUT2D eigenvalue weighted by Crippen LogP contribution is -2.45. The van der Waals surface area contributed by atoms with E-state index < -0.39 is 0 Å². The van der Waals surface area contributed by atoms with Crippen molar-refractivity contribution in [3.8, 4) is 6.07 Å². The van der Waals surface area contributed by atoms with Crippen LogP contribution in [0, 0.1) is 11.3 Å². The van der Waals surface area contributed by atoms with Gasteiger partial charge in [-0.3, -0.25) is 10.2 Å². The van der Waals surface area contributed by atoms with Crippen LogP contribution in [-0.2, 0) is 0 Å². The topological polar surface area (TPSA) is 42.3 Å². The highest BCUT2D eigenvalue weighted by Gasteiger charge is 2.28. The molecule has 4 nitrogen and oxygen atoms in total. The largest absolute Gasteiger partial charge is 0.308 e. The molecule has 0 aromatic heterocycles. The normalized spacial score (nSPS) is 22.4. The molecule has 0 aromatic carbocycles. The number of likely N-dealkylation sites (tertiary alicyclic amines) is 1. The maximum Gasteiger partial charge on any atom is 0.106 e. The minimum absolute atomic E-state index is 0.313. The Balaban J connectivity index is 2.41. The molecule has 1 N–H and O–H groups in total. The second kappa shape index (κ2) is 9.40. The van der Waals surface area contributed by atoms with Crippen molar-refractivity contribution in [3.05, 3.63) is 0 Å². The average Bonchev–Trinajstić information content (AvgIpc) is 2.89. The quantitative estimate of drug-likeness (QED) is 0.672. The predicted octanol–water partition coefficient (Wildman–Crippen LogP) is 2.46. The zero-order valence-corrected chi connectivity index (χ0v) is 14.5. The second-order valence-corrected chi connectivity index (χ2v) is 6.67. The van der Waals surface area contributed by atoms with Crippen LogP contribution in [0.4, 0.5) is 0 Å². The van der Waals surface area contributed by atoms with Gasteiger partial charge < -0.3 is 4.90 Å². The fraction of sp³-hybridized carbons (Fsp3) is 0.941. The van der Waals surface area contributed by atoms with Gasteiger partial charge in [0.25, 0.3) is 0 Å². The molecule has 1 fully saturated rings. The summed E-state index contributed by atoms with van der Waals surface area (Å²) >= 11 is 0. The lowest BCUT2D eigenvalue weighted by Gasteiger charge is -2.30. The molecule has 0 aliphatic carbocycles. The van der Waals surface area contributed by atoms with Gasteiger partial charge in [-0.1, -0.05) is 13.8 Å². The van der Waals surface area contributed by atoms with Gasteiger partial charge in [-0.25, -0.2) is 0 Å². The number of hydrogen-bond donors (Lipinski definition) is 1. The fourth-order valence-electron chi connectivity index (χ4n) is 3.33. The van der Waals surface area contributed by atoms with Gasteiger partial charge >= 0.3 is 0 Å². The second-order valence-electron chi connectivity index (χ2n) is 6.67. The Kier molecular flexibility index (Phi) is 8.24. The first-order chi connectivity index (χ1) is 10.1. The number of nitrogens with one attached hydrogen (secondary N) is 1. The van der Waals surface area contributed by atoms with E-state index in [4.69, 9.17) is 0 Å². The minimum Gasteiger partial charge on any atom is -0.308 e. The van der Waals surface area contributed by atoms with Gasteiger partial charge in [0.1, 0.15) is 5.54 Å². The summed E-state index contributed by atoms with van der Waals surface area (Å²) in [5, 5.41) is 13.0. The molecule has 1 aliphatic rings. The minimum atomic E-state index is -0.313. The summed E-state index contributed by atoms with van der Waals surface area (Å²) in [5.74, 6) is 0. The van der Waals surface area contributed by atoms with Crippen LogP contribution >= 0.6 is 0 Å². The maximum absolute atomic E-state index is 9.53. The molecule has 21 heavy (non-hydrogen) atoms. The number of hydrogen-bond acceptors (Lipinski definition) is 4. The summed E-state index contributed by atoms with van der Waals surface area (Å²) in [6, 6.07) is 3.24. The van der Waals surface area contributed by atoms with Gasteiger partial charge in [-0.05, 0) is 72.3 Å². The SMILES string of the molecule is CCCNC(C#N)(CC)CCCN1CCCC1CN(C)C. The molecule has 4 heteroatoms. The van der Waals surface area contributed by atoms with E-state index in [9.17, 15) is 5.26 Å². The summed E-state index contributed by atoms with van der Waals surface area (Å²) in [7, 11) is 4.31. The Bertz CT molecular complexity index is 323. The van der Waals surface area contributed by atoms with E-state index in [1.807, 2.05) is 0 Å². The standard InChI is InChI=1S/C17H34N4/c1-5-11-19-17(6-2,15-18)10-8-13-21-12-7-9-16(21)14-20(3)4/h16,19H,5-14H2,1-4H3. The van der Waals surface area contributed by atoms with E-state index in [0.717, 1.165) is 45.3 Å². The van der Waals surface area contributed by atoms with Crippen molar-refractivity contribution in [2.45, 2.75) is 64.0 Å². The van der Waals surface area contributed by atoms with Crippen LogP contribution in [-0.4, -0.2) is 61.7 Å². The lowest BCUT2D eigenvalue weighted by molar-refractivity contribution is 0.198. The highest BCUT2D eigenvalue weighted by molar-refractivity contribution is 5.06. The van der Waals surface area contributed by atoms with Crippen LogP contribution < -0.4 is 5.32 Å². The Morgan fingerprint density at radius 1 is 1.38 bits per heavy atom. The molecular weight excluding hydrogens is 260 g/mol. The molecule has 0 bridgehead atoms. The Hall–Kier alpha value is -0.630. The van der Waals surface area contributed by atoms with Crippen LogP contribution in [0.2, 0.25) is 0 Å². The van der Waals surface area contributed by atoms with Crippen molar-refractivity contribution in [1.29, 1.82) is 5.26 Å².